The molecule has 0 amide bonds. The van der Waals surface area contributed by atoms with Crippen molar-refractivity contribution in [1.29, 1.82) is 0 Å². The molecule has 2 aromatic rings. The maximum Gasteiger partial charge on any atom is 0.246 e. The number of rotatable bonds is 5. The third kappa shape index (κ3) is 3.75. The van der Waals surface area contributed by atoms with Gasteiger partial charge in [-0.2, -0.15) is 4.31 Å². The molecule has 1 aliphatic heterocycles. The van der Waals surface area contributed by atoms with Crippen molar-refractivity contribution in [3.63, 3.8) is 0 Å². The summed E-state index contributed by atoms with van der Waals surface area (Å²) in [6.07, 6.45) is 0. The number of benzene rings is 2. The van der Waals surface area contributed by atoms with Crippen LogP contribution in [-0.4, -0.2) is 53.1 Å². The van der Waals surface area contributed by atoms with E-state index in [9.17, 15) is 8.42 Å². The molecule has 3 rings (SSSR count). The lowest BCUT2D eigenvalue weighted by molar-refractivity contribution is 0.370. The van der Waals surface area contributed by atoms with Crippen molar-refractivity contribution in [3.8, 4) is 11.5 Å². The number of hydrogen-bond donors (Lipinski definition) is 0. The molecule has 1 fully saturated rings. The molecule has 146 valence electrons. The Hall–Kier alpha value is -2.25. The monoisotopic (exact) mass is 390 g/mol. The normalized spacial score (nSPS) is 15.6. The third-order valence-corrected chi connectivity index (χ3v) is 6.92. The zero-order chi connectivity index (χ0) is 19.6. The molecule has 0 bridgehead atoms. The highest BCUT2D eigenvalue weighted by Gasteiger charge is 2.31. The Morgan fingerprint density at radius 3 is 2.07 bits per heavy atom. The van der Waals surface area contributed by atoms with Gasteiger partial charge in [-0.1, -0.05) is 18.2 Å². The predicted molar refractivity (Wildman–Crippen MR) is 106 cm³/mol. The van der Waals surface area contributed by atoms with Crippen molar-refractivity contribution in [2.75, 3.05) is 45.3 Å². The fourth-order valence-electron chi connectivity index (χ4n) is 3.58. The molecule has 1 aliphatic rings. The SMILES string of the molecule is COc1ccc(S(=O)(=O)N2CCN(c3c(C)cccc3C)CC2)c(OC)c1. The van der Waals surface area contributed by atoms with Gasteiger partial charge in [0.2, 0.25) is 10.0 Å². The highest BCUT2D eigenvalue weighted by molar-refractivity contribution is 7.89. The Kier molecular flexibility index (Phi) is 5.62. The lowest BCUT2D eigenvalue weighted by atomic mass is 10.1. The number of hydrogen-bond acceptors (Lipinski definition) is 5. The van der Waals surface area contributed by atoms with Gasteiger partial charge in [0.15, 0.2) is 0 Å². The van der Waals surface area contributed by atoms with Crippen molar-refractivity contribution >= 4 is 15.7 Å². The van der Waals surface area contributed by atoms with Crippen molar-refractivity contribution < 1.29 is 17.9 Å². The van der Waals surface area contributed by atoms with Crippen LogP contribution < -0.4 is 14.4 Å². The van der Waals surface area contributed by atoms with Crippen LogP contribution in [-0.2, 0) is 10.0 Å². The molecule has 1 saturated heterocycles. The molecule has 0 aliphatic carbocycles. The molecule has 0 spiro atoms. The van der Waals surface area contributed by atoms with Gasteiger partial charge in [0.1, 0.15) is 16.4 Å². The molecule has 0 N–H and O–H groups in total. The largest absolute Gasteiger partial charge is 0.497 e. The summed E-state index contributed by atoms with van der Waals surface area (Å²) in [7, 11) is -0.627. The van der Waals surface area contributed by atoms with Gasteiger partial charge in [0, 0.05) is 37.9 Å². The van der Waals surface area contributed by atoms with Crippen LogP contribution in [0.25, 0.3) is 0 Å². The fraction of sp³-hybridized carbons (Fsp3) is 0.400. The summed E-state index contributed by atoms with van der Waals surface area (Å²) in [5.74, 6) is 0.858. The highest BCUT2D eigenvalue weighted by Crippen LogP contribution is 2.32. The second-order valence-corrected chi connectivity index (χ2v) is 8.55. The second-order valence-electron chi connectivity index (χ2n) is 6.65. The lowest BCUT2D eigenvalue weighted by Gasteiger charge is -2.37. The second kappa shape index (κ2) is 7.78. The van der Waals surface area contributed by atoms with Crippen molar-refractivity contribution in [1.82, 2.24) is 4.31 Å². The van der Waals surface area contributed by atoms with Gasteiger partial charge in [-0.3, -0.25) is 0 Å². The summed E-state index contributed by atoms with van der Waals surface area (Å²) in [5, 5.41) is 0. The molecule has 7 heteroatoms. The minimum atomic E-state index is -3.63. The average molecular weight is 391 g/mol. The first-order valence-electron chi connectivity index (χ1n) is 8.92. The van der Waals surface area contributed by atoms with Crippen molar-refractivity contribution in [2.24, 2.45) is 0 Å². The summed E-state index contributed by atoms with van der Waals surface area (Å²) in [6, 6.07) is 11.0. The van der Waals surface area contributed by atoms with Crippen molar-refractivity contribution in [2.45, 2.75) is 18.7 Å². The van der Waals surface area contributed by atoms with Gasteiger partial charge in [-0.25, -0.2) is 8.42 Å². The van der Waals surface area contributed by atoms with E-state index < -0.39 is 10.0 Å². The third-order valence-electron chi connectivity index (χ3n) is 4.98. The standard InChI is InChI=1S/C20H26N2O4S/c1-15-6-5-7-16(2)20(15)21-10-12-22(13-11-21)27(23,24)19-9-8-17(25-3)14-18(19)26-4/h5-9,14H,10-13H2,1-4H3. The van der Waals surface area contributed by atoms with E-state index in [1.54, 1.807) is 18.2 Å². The summed E-state index contributed by atoms with van der Waals surface area (Å²) < 4.78 is 38.2. The van der Waals surface area contributed by atoms with E-state index in [1.807, 2.05) is 6.07 Å². The number of aryl methyl sites for hydroxylation is 2. The van der Waals surface area contributed by atoms with Crippen LogP contribution in [0.4, 0.5) is 5.69 Å². The van der Waals surface area contributed by atoms with Crippen LogP contribution in [0.5, 0.6) is 11.5 Å². The van der Waals surface area contributed by atoms with E-state index >= 15 is 0 Å². The van der Waals surface area contributed by atoms with Gasteiger partial charge < -0.3 is 14.4 Å². The van der Waals surface area contributed by atoms with E-state index in [-0.39, 0.29) is 4.90 Å². The average Bonchev–Trinajstić information content (AvgIpc) is 2.67. The summed E-state index contributed by atoms with van der Waals surface area (Å²) >= 11 is 0. The molecule has 6 nitrogen and oxygen atoms in total. The van der Waals surface area contributed by atoms with Crippen LogP contribution in [0.3, 0.4) is 0 Å². The van der Waals surface area contributed by atoms with Gasteiger partial charge in [-0.15, -0.1) is 0 Å². The number of nitrogens with zero attached hydrogens (tertiary/aromatic N) is 2. The fourth-order valence-corrected chi connectivity index (χ4v) is 5.14. The van der Waals surface area contributed by atoms with Crippen LogP contribution in [0.2, 0.25) is 0 Å². The zero-order valence-corrected chi connectivity index (χ0v) is 17.0. The van der Waals surface area contributed by atoms with Gasteiger partial charge in [0.25, 0.3) is 0 Å². The number of sulfonamides is 1. The molecule has 1 heterocycles. The maximum atomic E-state index is 13.1. The Morgan fingerprint density at radius 1 is 0.889 bits per heavy atom. The quantitative estimate of drug-likeness (QED) is 0.786. The first-order chi connectivity index (χ1) is 12.9. The highest BCUT2D eigenvalue weighted by atomic mass is 32.2. The Bertz CT molecular complexity index is 899. The first kappa shape index (κ1) is 19.5. The predicted octanol–water partition coefficient (Wildman–Crippen LogP) is 2.83. The molecule has 27 heavy (non-hydrogen) atoms. The van der Waals surface area contributed by atoms with E-state index in [2.05, 4.69) is 30.9 Å². The Labute approximate surface area is 161 Å². The van der Waals surface area contributed by atoms with Gasteiger partial charge in [-0.05, 0) is 37.1 Å². The molecule has 0 atom stereocenters. The molecule has 0 aromatic heterocycles. The number of methoxy groups -OCH3 is 2. The van der Waals surface area contributed by atoms with Crippen LogP contribution >= 0.6 is 0 Å². The summed E-state index contributed by atoms with van der Waals surface area (Å²) in [5.41, 5.74) is 3.63. The Morgan fingerprint density at radius 2 is 1.52 bits per heavy atom. The molecule has 0 saturated carbocycles. The molecule has 2 aromatic carbocycles. The zero-order valence-electron chi connectivity index (χ0n) is 16.2. The topological polar surface area (TPSA) is 59.1 Å². The first-order valence-corrected chi connectivity index (χ1v) is 10.4. The van der Waals surface area contributed by atoms with Crippen LogP contribution in [0.1, 0.15) is 11.1 Å². The Balaban J connectivity index is 1.81. The lowest BCUT2D eigenvalue weighted by Crippen LogP contribution is -2.49. The number of anilines is 1. The molecular weight excluding hydrogens is 364 g/mol. The van der Waals surface area contributed by atoms with Gasteiger partial charge in [0.05, 0.1) is 14.2 Å². The number of piperazine rings is 1. The number of ether oxygens (including phenoxy) is 2. The van der Waals surface area contributed by atoms with E-state index in [0.717, 1.165) is 0 Å². The van der Waals surface area contributed by atoms with Gasteiger partial charge >= 0.3 is 0 Å². The van der Waals surface area contributed by atoms with E-state index in [4.69, 9.17) is 9.47 Å². The molecular formula is C20H26N2O4S. The summed E-state index contributed by atoms with van der Waals surface area (Å²) in [6.45, 7) is 6.37. The van der Waals surface area contributed by atoms with E-state index in [0.29, 0.717) is 37.7 Å². The molecule has 0 unspecified atom stereocenters. The summed E-state index contributed by atoms with van der Waals surface area (Å²) in [4.78, 5) is 2.44. The maximum absolute atomic E-state index is 13.1. The number of para-hydroxylation sites is 1. The van der Waals surface area contributed by atoms with Crippen molar-refractivity contribution in [3.05, 3.63) is 47.5 Å². The van der Waals surface area contributed by atoms with Crippen LogP contribution in [0, 0.1) is 13.8 Å². The minimum Gasteiger partial charge on any atom is -0.497 e. The minimum absolute atomic E-state index is 0.173. The molecule has 0 radical (unpaired) electrons. The van der Waals surface area contributed by atoms with Crippen LogP contribution in [0.15, 0.2) is 41.3 Å². The smallest absolute Gasteiger partial charge is 0.246 e. The van der Waals surface area contributed by atoms with E-state index in [1.165, 1.54) is 35.3 Å².